The smallest absolute Gasteiger partial charge is 0.0547 e. The quantitative estimate of drug-likeness (QED) is 0.134. The maximum Gasteiger partial charge on any atom is 0.0547 e. The number of nitrogens with zero attached hydrogens (tertiary/aromatic N) is 2. The van der Waals surface area contributed by atoms with Crippen LogP contribution in [-0.4, -0.2) is 9.13 Å². The van der Waals surface area contributed by atoms with Crippen molar-refractivity contribution in [3.63, 3.8) is 0 Å². The fraction of sp³-hybridized carbons (Fsp3) is 0. The zero-order valence-electron chi connectivity index (χ0n) is 39.5. The minimum absolute atomic E-state index is 1.17. The van der Waals surface area contributed by atoms with Gasteiger partial charge in [0.15, 0.2) is 0 Å². The van der Waals surface area contributed by atoms with Crippen LogP contribution in [-0.2, 0) is 0 Å². The highest BCUT2D eigenvalue weighted by atomic mass is 15.0. The number of para-hydroxylation sites is 2. The molecule has 0 radical (unpaired) electrons. The summed E-state index contributed by atoms with van der Waals surface area (Å²) >= 11 is 0. The molecule has 2 heterocycles. The van der Waals surface area contributed by atoms with Crippen molar-refractivity contribution in [3.8, 4) is 11.4 Å². The predicted molar refractivity (Wildman–Crippen MR) is 311 cm³/mol. The summed E-state index contributed by atoms with van der Waals surface area (Å²) in [5.74, 6) is 0. The van der Waals surface area contributed by atoms with Crippen LogP contribution in [0.3, 0.4) is 0 Å². The van der Waals surface area contributed by atoms with E-state index < -0.39 is 0 Å². The number of hydrogen-bond acceptors (Lipinski definition) is 0. The minimum Gasteiger partial charge on any atom is -0.309 e. The van der Waals surface area contributed by atoms with Gasteiger partial charge < -0.3 is 9.13 Å². The van der Waals surface area contributed by atoms with E-state index in [4.69, 9.17) is 0 Å². The molecule has 0 amide bonds. The lowest BCUT2D eigenvalue weighted by molar-refractivity contribution is 1.20. The molecule has 0 saturated carbocycles. The van der Waals surface area contributed by atoms with Gasteiger partial charge in [-0.2, -0.15) is 0 Å². The topological polar surface area (TPSA) is 9.86 Å². The van der Waals surface area contributed by atoms with E-state index in [2.05, 4.69) is 288 Å². The summed E-state index contributed by atoms with van der Waals surface area (Å²) in [4.78, 5) is 0. The summed E-state index contributed by atoms with van der Waals surface area (Å²) in [7, 11) is 0. The monoisotopic (exact) mass is 914 g/mol. The molecule has 0 spiro atoms. The number of benzene rings is 12. The fourth-order valence-corrected chi connectivity index (χ4v) is 11.1. The third-order valence-corrected chi connectivity index (χ3v) is 14.6. The molecule has 0 atom stereocenters. The molecule has 0 aliphatic rings. The average Bonchev–Trinajstić information content (AvgIpc) is 3.95. The first-order valence-electron chi connectivity index (χ1n) is 24.8. The first kappa shape index (κ1) is 41.5. The van der Waals surface area contributed by atoms with E-state index in [1.54, 1.807) is 0 Å². The van der Waals surface area contributed by atoms with Crippen molar-refractivity contribution in [2.75, 3.05) is 0 Å². The Kier molecular flexibility index (Phi) is 9.89. The van der Waals surface area contributed by atoms with Crippen LogP contribution in [0.2, 0.25) is 0 Å². The highest BCUT2D eigenvalue weighted by Crippen LogP contribution is 2.38. The van der Waals surface area contributed by atoms with Crippen LogP contribution in [0.1, 0.15) is 33.4 Å². The van der Waals surface area contributed by atoms with Crippen molar-refractivity contribution in [1.29, 1.82) is 0 Å². The Morgan fingerprint density at radius 3 is 0.875 bits per heavy atom. The van der Waals surface area contributed by atoms with E-state index in [-0.39, 0.29) is 0 Å². The standard InChI is InChI=1S/C70H46N2/c1-3-15-59-53(11-1)13-9-21-65(59)71-67-19-7-5-17-61(67)63-39-33-51(45-69(63)71)27-25-49-31-37-55-41-47(29-35-57(55)43-49)23-24-48-30-36-58-44-50(32-38-56(58)42-48)26-28-52-34-40-64-62-18-6-8-20-68(62)72(70(64)46-52)66-22-10-14-54-12-2-4-16-60(54)66/h1-46H/b24-23+,27-25+,28-26+. The fourth-order valence-electron chi connectivity index (χ4n) is 11.1. The third-order valence-electron chi connectivity index (χ3n) is 14.6. The van der Waals surface area contributed by atoms with E-state index in [1.165, 1.54) is 131 Å². The molecule has 0 fully saturated rings. The van der Waals surface area contributed by atoms with Gasteiger partial charge in [0, 0.05) is 32.3 Å². The second-order valence-electron chi connectivity index (χ2n) is 19.0. The van der Waals surface area contributed by atoms with Crippen molar-refractivity contribution in [2.24, 2.45) is 0 Å². The third kappa shape index (κ3) is 7.28. The van der Waals surface area contributed by atoms with E-state index >= 15 is 0 Å². The van der Waals surface area contributed by atoms with Crippen LogP contribution in [0.15, 0.2) is 243 Å². The molecule has 14 aromatic rings. The second-order valence-corrected chi connectivity index (χ2v) is 19.0. The normalized spacial score (nSPS) is 12.3. The molecule has 0 aliphatic carbocycles. The summed E-state index contributed by atoms with van der Waals surface area (Å²) in [5, 5.41) is 14.9. The summed E-state index contributed by atoms with van der Waals surface area (Å²) in [6.07, 6.45) is 13.4. The molecule has 0 unspecified atom stereocenters. The van der Waals surface area contributed by atoms with Crippen LogP contribution in [0.4, 0.5) is 0 Å². The molecule has 336 valence electrons. The SMILES string of the molecule is C(=C\c1ccc2cc(/C=C/c3ccc4c5ccccc5n(-c5cccc6ccccc56)c4c3)ccc2c1)/c1ccc2cc(/C=C/c3ccc4c5ccccc5n(-c5cccc6ccccc56)c4c3)ccc2c1. The largest absolute Gasteiger partial charge is 0.309 e. The Balaban J connectivity index is 0.693. The molecule has 0 bridgehead atoms. The van der Waals surface area contributed by atoms with E-state index in [9.17, 15) is 0 Å². The van der Waals surface area contributed by atoms with Gasteiger partial charge >= 0.3 is 0 Å². The Labute approximate surface area is 417 Å². The van der Waals surface area contributed by atoms with Crippen LogP contribution in [0, 0.1) is 0 Å². The van der Waals surface area contributed by atoms with Gasteiger partial charge in [0.25, 0.3) is 0 Å². The predicted octanol–water partition coefficient (Wildman–Crippen LogP) is 19.0. The van der Waals surface area contributed by atoms with Gasteiger partial charge in [0.05, 0.1) is 33.4 Å². The number of rotatable bonds is 8. The molecular formula is C70H46N2. The number of aromatic nitrogens is 2. The Bertz CT molecular complexity index is 4270. The summed E-state index contributed by atoms with van der Waals surface area (Å²) < 4.78 is 4.86. The van der Waals surface area contributed by atoms with Crippen molar-refractivity contribution < 1.29 is 0 Å². The minimum atomic E-state index is 1.17. The average molecular weight is 915 g/mol. The zero-order valence-corrected chi connectivity index (χ0v) is 39.5. The molecular weight excluding hydrogens is 869 g/mol. The lowest BCUT2D eigenvalue weighted by atomic mass is 10.0. The van der Waals surface area contributed by atoms with E-state index in [0.717, 1.165) is 0 Å². The van der Waals surface area contributed by atoms with E-state index in [0.29, 0.717) is 0 Å². The Hall–Kier alpha value is -9.50. The summed E-state index contributed by atoms with van der Waals surface area (Å²) in [5.41, 5.74) is 14.3. The second kappa shape index (κ2) is 17.2. The van der Waals surface area contributed by atoms with Gasteiger partial charge in [0.2, 0.25) is 0 Å². The van der Waals surface area contributed by atoms with Crippen molar-refractivity contribution in [2.45, 2.75) is 0 Å². The molecule has 0 saturated heterocycles. The molecule has 2 aromatic heterocycles. The van der Waals surface area contributed by atoms with Gasteiger partial charge in [-0.25, -0.2) is 0 Å². The maximum atomic E-state index is 2.43. The van der Waals surface area contributed by atoms with Gasteiger partial charge in [-0.1, -0.05) is 218 Å². The van der Waals surface area contributed by atoms with Crippen LogP contribution in [0.5, 0.6) is 0 Å². The van der Waals surface area contributed by atoms with Crippen molar-refractivity contribution in [3.05, 3.63) is 276 Å². The first-order chi connectivity index (χ1) is 35.6. The van der Waals surface area contributed by atoms with Crippen LogP contribution in [0.25, 0.3) is 135 Å². The molecule has 72 heavy (non-hydrogen) atoms. The summed E-state index contributed by atoms with van der Waals surface area (Å²) in [6, 6.07) is 88.6. The van der Waals surface area contributed by atoms with Crippen molar-refractivity contribution in [1.82, 2.24) is 9.13 Å². The zero-order chi connectivity index (χ0) is 47.5. The first-order valence-corrected chi connectivity index (χ1v) is 24.8. The van der Waals surface area contributed by atoms with Crippen LogP contribution >= 0.6 is 0 Å². The lowest BCUT2D eigenvalue weighted by Crippen LogP contribution is -1.95. The van der Waals surface area contributed by atoms with Gasteiger partial charge in [-0.05, 0) is 126 Å². The molecule has 0 N–H and O–H groups in total. The Morgan fingerprint density at radius 2 is 0.486 bits per heavy atom. The highest BCUT2D eigenvalue weighted by Gasteiger charge is 2.16. The van der Waals surface area contributed by atoms with Gasteiger partial charge in [-0.3, -0.25) is 0 Å². The molecule has 2 heteroatoms. The Morgan fingerprint density at radius 1 is 0.194 bits per heavy atom. The highest BCUT2D eigenvalue weighted by molar-refractivity contribution is 6.12. The van der Waals surface area contributed by atoms with E-state index in [1.807, 2.05) is 0 Å². The molecule has 12 aromatic carbocycles. The molecule has 2 nitrogen and oxygen atoms in total. The lowest BCUT2D eigenvalue weighted by Gasteiger charge is -2.11. The summed E-state index contributed by atoms with van der Waals surface area (Å²) in [6.45, 7) is 0. The van der Waals surface area contributed by atoms with Gasteiger partial charge in [-0.15, -0.1) is 0 Å². The molecule has 14 rings (SSSR count). The van der Waals surface area contributed by atoms with Gasteiger partial charge in [0.1, 0.15) is 0 Å². The number of fused-ring (bicyclic) bond motifs is 10. The van der Waals surface area contributed by atoms with Crippen molar-refractivity contribution >= 4 is 123 Å². The molecule has 0 aliphatic heterocycles. The number of hydrogen-bond donors (Lipinski definition) is 0. The van der Waals surface area contributed by atoms with Crippen LogP contribution < -0.4 is 0 Å². The maximum absolute atomic E-state index is 2.43.